The second-order valence-electron chi connectivity index (χ2n) is 7.18. The van der Waals surface area contributed by atoms with Crippen LogP contribution in [0.1, 0.15) is 12.8 Å². The smallest absolute Gasteiger partial charge is 0.317 e. The molecule has 6 heteroatoms. The fourth-order valence-electron chi connectivity index (χ4n) is 3.76. The zero-order chi connectivity index (χ0) is 19.2. The first-order valence-corrected chi connectivity index (χ1v) is 10.0. The van der Waals surface area contributed by atoms with Gasteiger partial charge < -0.3 is 15.1 Å². The number of para-hydroxylation sites is 2. The molecule has 0 radical (unpaired) electrons. The van der Waals surface area contributed by atoms with Crippen molar-refractivity contribution in [3.05, 3.63) is 60.8 Å². The lowest BCUT2D eigenvalue weighted by Crippen LogP contribution is -2.42. The first kappa shape index (κ1) is 18.3. The van der Waals surface area contributed by atoms with Gasteiger partial charge in [0.25, 0.3) is 0 Å². The quantitative estimate of drug-likeness (QED) is 0.694. The number of rotatable bonds is 5. The molecule has 2 aromatic carbocycles. The molecule has 1 aromatic heterocycles. The molecule has 0 aliphatic carbocycles. The topological polar surface area (TPSA) is 53.4 Å². The summed E-state index contributed by atoms with van der Waals surface area (Å²) in [4.78, 5) is 16.8. The van der Waals surface area contributed by atoms with E-state index in [1.54, 1.807) is 0 Å². The fourth-order valence-corrected chi connectivity index (χ4v) is 3.76. The molecule has 0 atom stereocenters. The number of hydrogen-bond acceptors (Lipinski definition) is 3. The van der Waals surface area contributed by atoms with Gasteiger partial charge in [-0.1, -0.05) is 36.4 Å². The zero-order valence-corrected chi connectivity index (χ0v) is 16.1. The van der Waals surface area contributed by atoms with Crippen LogP contribution in [-0.4, -0.2) is 53.4 Å². The molecule has 2 amide bonds. The summed E-state index contributed by atoms with van der Waals surface area (Å²) in [5.74, 6) is 0. The van der Waals surface area contributed by atoms with Gasteiger partial charge in [0.15, 0.2) is 0 Å². The first-order chi connectivity index (χ1) is 13.8. The average Bonchev–Trinajstić information content (AvgIpc) is 2.98. The number of benzene rings is 2. The Hall–Kier alpha value is -3.02. The molecule has 1 saturated heterocycles. The molecule has 1 aliphatic rings. The fraction of sp³-hybridized carbons (Fsp3) is 0.364. The molecule has 4 rings (SSSR count). The van der Waals surface area contributed by atoms with Crippen LogP contribution in [0.25, 0.3) is 10.9 Å². The van der Waals surface area contributed by atoms with Crippen LogP contribution in [-0.2, 0) is 6.54 Å². The second kappa shape index (κ2) is 8.78. The van der Waals surface area contributed by atoms with E-state index in [0.29, 0.717) is 6.54 Å². The molecule has 1 aliphatic heterocycles. The van der Waals surface area contributed by atoms with Crippen LogP contribution in [0.15, 0.2) is 60.8 Å². The van der Waals surface area contributed by atoms with Gasteiger partial charge in [0.05, 0.1) is 11.7 Å². The predicted octanol–water partition coefficient (Wildman–Crippen LogP) is 3.35. The Morgan fingerprint density at radius 2 is 1.79 bits per heavy atom. The van der Waals surface area contributed by atoms with E-state index < -0.39 is 0 Å². The number of fused-ring (bicyclic) bond motifs is 1. The molecule has 3 aromatic rings. The minimum atomic E-state index is 0.0419. The lowest BCUT2D eigenvalue weighted by Gasteiger charge is -2.23. The Labute approximate surface area is 165 Å². The summed E-state index contributed by atoms with van der Waals surface area (Å²) in [5.41, 5.74) is 2.37. The summed E-state index contributed by atoms with van der Waals surface area (Å²) >= 11 is 0. The Bertz CT molecular complexity index is 907. The predicted molar refractivity (Wildman–Crippen MR) is 113 cm³/mol. The third kappa shape index (κ3) is 4.27. The summed E-state index contributed by atoms with van der Waals surface area (Å²) in [6, 6.07) is 18.7. The van der Waals surface area contributed by atoms with E-state index in [-0.39, 0.29) is 6.03 Å². The standard InChI is InChI=1S/C22H27N5O/c28-22(23-12-6-15-27-21-11-5-4-8-19(21)18-24-27)26-14-7-13-25(16-17-26)20-9-2-1-3-10-20/h1-5,8-11,18H,6-7,12-17H2,(H,23,28). The molecule has 0 spiro atoms. The molecular formula is C22H27N5O. The summed E-state index contributed by atoms with van der Waals surface area (Å²) in [7, 11) is 0. The van der Waals surface area contributed by atoms with Crippen LogP contribution in [0.5, 0.6) is 0 Å². The normalized spacial score (nSPS) is 14.9. The van der Waals surface area contributed by atoms with Gasteiger partial charge in [0.1, 0.15) is 0 Å². The monoisotopic (exact) mass is 377 g/mol. The van der Waals surface area contributed by atoms with Crippen molar-refractivity contribution in [3.8, 4) is 0 Å². The second-order valence-corrected chi connectivity index (χ2v) is 7.18. The Morgan fingerprint density at radius 3 is 2.68 bits per heavy atom. The lowest BCUT2D eigenvalue weighted by atomic mass is 10.2. The van der Waals surface area contributed by atoms with Crippen LogP contribution in [0.4, 0.5) is 10.5 Å². The van der Waals surface area contributed by atoms with Gasteiger partial charge in [-0.05, 0) is 31.0 Å². The van der Waals surface area contributed by atoms with Gasteiger partial charge in [0.2, 0.25) is 0 Å². The van der Waals surface area contributed by atoms with Crippen LogP contribution in [0.3, 0.4) is 0 Å². The summed E-state index contributed by atoms with van der Waals surface area (Å²) in [6.07, 6.45) is 3.74. The summed E-state index contributed by atoms with van der Waals surface area (Å²) < 4.78 is 2.01. The molecule has 28 heavy (non-hydrogen) atoms. The maximum Gasteiger partial charge on any atom is 0.317 e. The van der Waals surface area contributed by atoms with Gasteiger partial charge in [-0.15, -0.1) is 0 Å². The van der Waals surface area contributed by atoms with Crippen molar-refractivity contribution in [2.24, 2.45) is 0 Å². The highest BCUT2D eigenvalue weighted by Gasteiger charge is 2.18. The van der Waals surface area contributed by atoms with Crippen molar-refractivity contribution in [1.82, 2.24) is 20.0 Å². The average molecular weight is 377 g/mol. The van der Waals surface area contributed by atoms with Crippen molar-refractivity contribution in [2.75, 3.05) is 37.6 Å². The van der Waals surface area contributed by atoms with Crippen molar-refractivity contribution in [1.29, 1.82) is 0 Å². The van der Waals surface area contributed by atoms with Crippen molar-refractivity contribution in [2.45, 2.75) is 19.4 Å². The largest absolute Gasteiger partial charge is 0.370 e. The van der Waals surface area contributed by atoms with Crippen LogP contribution < -0.4 is 10.2 Å². The minimum absolute atomic E-state index is 0.0419. The molecule has 0 unspecified atom stereocenters. The molecule has 6 nitrogen and oxygen atoms in total. The molecule has 1 fully saturated rings. The van der Waals surface area contributed by atoms with Gasteiger partial charge >= 0.3 is 6.03 Å². The zero-order valence-electron chi connectivity index (χ0n) is 16.1. The molecule has 2 heterocycles. The SMILES string of the molecule is O=C(NCCCn1ncc2ccccc21)N1CCCN(c2ccccc2)CC1. The minimum Gasteiger partial charge on any atom is -0.370 e. The van der Waals surface area contributed by atoms with Crippen LogP contribution in [0, 0.1) is 0 Å². The summed E-state index contributed by atoms with van der Waals surface area (Å²) in [6.45, 7) is 4.88. The molecule has 146 valence electrons. The highest BCUT2D eigenvalue weighted by Crippen LogP contribution is 2.16. The van der Waals surface area contributed by atoms with Crippen LogP contribution >= 0.6 is 0 Å². The molecule has 0 saturated carbocycles. The number of aromatic nitrogens is 2. The number of anilines is 1. The van der Waals surface area contributed by atoms with Gasteiger partial charge in [-0.3, -0.25) is 4.68 Å². The van der Waals surface area contributed by atoms with E-state index in [9.17, 15) is 4.79 Å². The van der Waals surface area contributed by atoms with Crippen molar-refractivity contribution >= 4 is 22.6 Å². The number of hydrogen-bond donors (Lipinski definition) is 1. The van der Waals surface area contributed by atoms with E-state index in [2.05, 4.69) is 51.7 Å². The molecular weight excluding hydrogens is 350 g/mol. The van der Waals surface area contributed by atoms with E-state index in [1.807, 2.05) is 34.0 Å². The number of carbonyl (C=O) groups excluding carboxylic acids is 1. The van der Waals surface area contributed by atoms with Gasteiger partial charge in [0, 0.05) is 50.3 Å². The number of urea groups is 1. The lowest BCUT2D eigenvalue weighted by molar-refractivity contribution is 0.201. The highest BCUT2D eigenvalue weighted by atomic mass is 16.2. The number of amides is 2. The maximum atomic E-state index is 12.5. The number of nitrogens with zero attached hydrogens (tertiary/aromatic N) is 4. The Morgan fingerprint density at radius 1 is 0.964 bits per heavy atom. The van der Waals surface area contributed by atoms with E-state index in [0.717, 1.165) is 56.5 Å². The highest BCUT2D eigenvalue weighted by molar-refractivity contribution is 5.78. The van der Waals surface area contributed by atoms with Gasteiger partial charge in [-0.2, -0.15) is 5.10 Å². The third-order valence-electron chi connectivity index (χ3n) is 5.28. The Kier molecular flexibility index (Phi) is 5.75. The summed E-state index contributed by atoms with van der Waals surface area (Å²) in [5, 5.41) is 8.66. The number of aryl methyl sites for hydroxylation is 1. The molecule has 0 bridgehead atoms. The van der Waals surface area contributed by atoms with E-state index in [1.165, 1.54) is 5.69 Å². The van der Waals surface area contributed by atoms with E-state index >= 15 is 0 Å². The number of nitrogens with one attached hydrogen (secondary N) is 1. The number of carbonyl (C=O) groups is 1. The molecule has 1 N–H and O–H groups in total. The third-order valence-corrected chi connectivity index (χ3v) is 5.28. The van der Waals surface area contributed by atoms with E-state index in [4.69, 9.17) is 0 Å². The Balaban J connectivity index is 1.23. The van der Waals surface area contributed by atoms with Crippen molar-refractivity contribution < 1.29 is 4.79 Å². The van der Waals surface area contributed by atoms with Crippen molar-refractivity contribution in [3.63, 3.8) is 0 Å². The van der Waals surface area contributed by atoms with Crippen LogP contribution in [0.2, 0.25) is 0 Å². The van der Waals surface area contributed by atoms with Gasteiger partial charge in [-0.25, -0.2) is 4.79 Å². The first-order valence-electron chi connectivity index (χ1n) is 10.0. The maximum absolute atomic E-state index is 12.5.